The van der Waals surface area contributed by atoms with Crippen LogP contribution in [-0.2, 0) is 4.74 Å². The van der Waals surface area contributed by atoms with Crippen molar-refractivity contribution in [2.75, 3.05) is 39.9 Å². The van der Waals surface area contributed by atoms with E-state index in [0.717, 1.165) is 32.1 Å². The summed E-state index contributed by atoms with van der Waals surface area (Å²) >= 11 is 6.00. The fourth-order valence-electron chi connectivity index (χ4n) is 2.23. The van der Waals surface area contributed by atoms with Crippen molar-refractivity contribution in [3.63, 3.8) is 0 Å². The highest BCUT2D eigenvalue weighted by Crippen LogP contribution is 2.28. The van der Waals surface area contributed by atoms with Crippen LogP contribution in [0.5, 0.6) is 0 Å². The molecule has 0 unspecified atom stereocenters. The molecule has 0 heterocycles. The summed E-state index contributed by atoms with van der Waals surface area (Å²) in [5.74, 6) is 1.35. The molecule has 25 heavy (non-hydrogen) atoms. The lowest BCUT2D eigenvalue weighted by Gasteiger charge is -2.12. The van der Waals surface area contributed by atoms with Gasteiger partial charge in [0, 0.05) is 39.9 Å². The first-order valence-electron chi connectivity index (χ1n) is 8.75. The fraction of sp³-hybridized carbons (Fsp3) is 0.556. The summed E-state index contributed by atoms with van der Waals surface area (Å²) in [5, 5.41) is 9.67. The average Bonchev–Trinajstić information content (AvgIpc) is 3.44. The van der Waals surface area contributed by atoms with E-state index >= 15 is 0 Å². The van der Waals surface area contributed by atoms with Gasteiger partial charge in [-0.1, -0.05) is 23.7 Å². The van der Waals surface area contributed by atoms with Crippen LogP contribution in [0.1, 0.15) is 29.6 Å². The van der Waals surface area contributed by atoms with Gasteiger partial charge < -0.3 is 20.7 Å². The number of ether oxygens (including phenoxy) is 1. The summed E-state index contributed by atoms with van der Waals surface area (Å²) in [6, 6.07) is 7.00. The minimum atomic E-state index is -0.178. The topological polar surface area (TPSA) is 74.8 Å². The Labute approximate surface area is 154 Å². The number of guanidine groups is 1. The van der Waals surface area contributed by atoms with Crippen LogP contribution < -0.4 is 16.0 Å². The molecule has 0 radical (unpaired) electrons. The number of carbonyl (C=O) groups is 1. The van der Waals surface area contributed by atoms with Gasteiger partial charge in [0.2, 0.25) is 0 Å². The molecule has 6 nitrogen and oxygen atoms in total. The molecule has 0 aromatic heterocycles. The van der Waals surface area contributed by atoms with E-state index in [1.54, 1.807) is 31.3 Å². The molecule has 1 aromatic rings. The molecule has 0 spiro atoms. The summed E-state index contributed by atoms with van der Waals surface area (Å²) in [6.07, 6.45) is 3.58. The van der Waals surface area contributed by atoms with Gasteiger partial charge in [0.05, 0.1) is 10.6 Å². The zero-order valence-electron chi connectivity index (χ0n) is 14.7. The lowest BCUT2D eigenvalue weighted by Crippen LogP contribution is -2.42. The second-order valence-corrected chi connectivity index (χ2v) is 6.44. The predicted octanol–water partition coefficient (Wildman–Crippen LogP) is 2.05. The fourth-order valence-corrected chi connectivity index (χ4v) is 2.46. The molecule has 0 bridgehead atoms. The van der Waals surface area contributed by atoms with E-state index in [-0.39, 0.29) is 5.91 Å². The van der Waals surface area contributed by atoms with Crippen molar-refractivity contribution in [1.29, 1.82) is 0 Å². The molecule has 1 aromatic carbocycles. The summed E-state index contributed by atoms with van der Waals surface area (Å²) < 4.78 is 5.59. The lowest BCUT2D eigenvalue weighted by molar-refractivity contribution is 0.0954. The van der Waals surface area contributed by atoms with Gasteiger partial charge in [0.15, 0.2) is 5.96 Å². The van der Waals surface area contributed by atoms with Gasteiger partial charge in [-0.2, -0.15) is 0 Å². The van der Waals surface area contributed by atoms with E-state index in [9.17, 15) is 4.79 Å². The third kappa shape index (κ3) is 7.75. The molecule has 0 aliphatic heterocycles. The van der Waals surface area contributed by atoms with E-state index in [0.29, 0.717) is 29.6 Å². The predicted molar refractivity (Wildman–Crippen MR) is 101 cm³/mol. The van der Waals surface area contributed by atoms with Crippen LogP contribution in [0.2, 0.25) is 5.02 Å². The van der Waals surface area contributed by atoms with Crippen LogP contribution in [0.25, 0.3) is 0 Å². The zero-order valence-corrected chi connectivity index (χ0v) is 15.4. The summed E-state index contributed by atoms with van der Waals surface area (Å²) in [7, 11) is 1.72. The van der Waals surface area contributed by atoms with E-state index in [1.807, 2.05) is 0 Å². The van der Waals surface area contributed by atoms with Crippen LogP contribution >= 0.6 is 11.6 Å². The number of rotatable bonds is 10. The summed E-state index contributed by atoms with van der Waals surface area (Å²) in [6.45, 7) is 3.53. The van der Waals surface area contributed by atoms with Gasteiger partial charge >= 0.3 is 0 Å². The maximum atomic E-state index is 12.0. The van der Waals surface area contributed by atoms with E-state index in [1.165, 1.54) is 12.8 Å². The first-order valence-corrected chi connectivity index (χ1v) is 9.13. The number of hydrogen-bond donors (Lipinski definition) is 3. The van der Waals surface area contributed by atoms with Gasteiger partial charge in [0.1, 0.15) is 0 Å². The quantitative estimate of drug-likeness (QED) is 0.336. The minimum absolute atomic E-state index is 0.178. The monoisotopic (exact) mass is 366 g/mol. The Balaban J connectivity index is 1.53. The van der Waals surface area contributed by atoms with E-state index in [2.05, 4.69) is 20.9 Å². The van der Waals surface area contributed by atoms with Crippen molar-refractivity contribution >= 4 is 23.5 Å². The molecule has 3 N–H and O–H groups in total. The molecular formula is C18H27ClN4O2. The van der Waals surface area contributed by atoms with Crippen molar-refractivity contribution in [2.24, 2.45) is 10.9 Å². The molecule has 7 heteroatoms. The van der Waals surface area contributed by atoms with Crippen LogP contribution in [0.15, 0.2) is 29.3 Å². The van der Waals surface area contributed by atoms with Gasteiger partial charge in [-0.25, -0.2) is 0 Å². The zero-order chi connectivity index (χ0) is 17.9. The van der Waals surface area contributed by atoms with Crippen LogP contribution in [0.3, 0.4) is 0 Å². The Bertz CT molecular complexity index is 576. The Hall–Kier alpha value is -1.79. The second kappa shape index (κ2) is 10.9. The number of nitrogens with zero attached hydrogens (tertiary/aromatic N) is 1. The van der Waals surface area contributed by atoms with Crippen molar-refractivity contribution in [2.45, 2.75) is 19.3 Å². The number of nitrogens with one attached hydrogen (secondary N) is 3. The Kier molecular flexibility index (Phi) is 8.55. The molecule has 1 fully saturated rings. The third-order valence-corrected chi connectivity index (χ3v) is 4.18. The first-order chi connectivity index (χ1) is 12.2. The molecule has 2 rings (SSSR count). The van der Waals surface area contributed by atoms with Gasteiger partial charge in [-0.15, -0.1) is 0 Å². The Morgan fingerprint density at radius 2 is 1.92 bits per heavy atom. The smallest absolute Gasteiger partial charge is 0.252 e. The normalized spacial score (nSPS) is 14.2. The van der Waals surface area contributed by atoms with Crippen molar-refractivity contribution in [3.8, 4) is 0 Å². The molecule has 1 aliphatic rings. The molecule has 0 saturated heterocycles. The highest BCUT2D eigenvalue weighted by atomic mass is 35.5. The maximum absolute atomic E-state index is 12.0. The van der Waals surface area contributed by atoms with Crippen molar-refractivity contribution < 1.29 is 9.53 Å². The average molecular weight is 367 g/mol. The molecule has 0 atom stereocenters. The SMILES string of the molecule is CN=C(NCCCOCC1CC1)NCCNC(=O)c1ccccc1Cl. The van der Waals surface area contributed by atoms with Crippen LogP contribution in [0.4, 0.5) is 0 Å². The Morgan fingerprint density at radius 3 is 2.64 bits per heavy atom. The van der Waals surface area contributed by atoms with E-state index < -0.39 is 0 Å². The number of carbonyl (C=O) groups excluding carboxylic acids is 1. The largest absolute Gasteiger partial charge is 0.381 e. The van der Waals surface area contributed by atoms with Gasteiger partial charge in [-0.05, 0) is 37.3 Å². The summed E-state index contributed by atoms with van der Waals surface area (Å²) in [5.41, 5.74) is 0.484. The van der Waals surface area contributed by atoms with Crippen molar-refractivity contribution in [3.05, 3.63) is 34.9 Å². The number of hydrogen-bond acceptors (Lipinski definition) is 3. The third-order valence-electron chi connectivity index (χ3n) is 3.85. The van der Waals surface area contributed by atoms with Crippen molar-refractivity contribution in [1.82, 2.24) is 16.0 Å². The molecular weight excluding hydrogens is 340 g/mol. The number of halogens is 1. The molecule has 1 aliphatic carbocycles. The second-order valence-electron chi connectivity index (χ2n) is 6.03. The van der Waals surface area contributed by atoms with Crippen LogP contribution in [-0.4, -0.2) is 51.8 Å². The standard InChI is InChI=1S/C18H27ClN4O2/c1-20-18(22-9-4-12-25-13-14-7-8-14)23-11-10-21-17(24)15-5-2-3-6-16(15)19/h2-3,5-6,14H,4,7-13H2,1H3,(H,21,24)(H2,20,22,23). The maximum Gasteiger partial charge on any atom is 0.252 e. The van der Waals surface area contributed by atoms with E-state index in [4.69, 9.17) is 16.3 Å². The number of amides is 1. The highest BCUT2D eigenvalue weighted by molar-refractivity contribution is 6.33. The molecule has 1 saturated carbocycles. The van der Waals surface area contributed by atoms with Gasteiger partial charge in [0.25, 0.3) is 5.91 Å². The number of aliphatic imine (C=N–C) groups is 1. The van der Waals surface area contributed by atoms with Crippen LogP contribution in [0, 0.1) is 5.92 Å². The molecule has 138 valence electrons. The number of benzene rings is 1. The minimum Gasteiger partial charge on any atom is -0.381 e. The first kappa shape index (κ1) is 19.5. The lowest BCUT2D eigenvalue weighted by atomic mass is 10.2. The van der Waals surface area contributed by atoms with Gasteiger partial charge in [-0.3, -0.25) is 9.79 Å². The molecule has 1 amide bonds. The highest BCUT2D eigenvalue weighted by Gasteiger charge is 2.20. The Morgan fingerprint density at radius 1 is 1.20 bits per heavy atom. The summed E-state index contributed by atoms with van der Waals surface area (Å²) in [4.78, 5) is 16.2.